The first-order chi connectivity index (χ1) is 9.31. The zero-order valence-corrected chi connectivity index (χ0v) is 11.7. The molecule has 0 atom stereocenters. The van der Waals surface area contributed by atoms with Crippen LogP contribution < -0.4 is 10.3 Å². The molecule has 1 aromatic heterocycles. The Hall–Kier alpha value is -2.15. The van der Waals surface area contributed by atoms with Gasteiger partial charge in [0.25, 0.3) is 15.6 Å². The molecule has 0 spiro atoms. The highest BCUT2D eigenvalue weighted by Crippen LogP contribution is 2.19. The number of sulfonamides is 1. The maximum absolute atomic E-state index is 13.6. The fraction of sp³-hybridized carbons (Fsp3) is 0.154. The van der Waals surface area contributed by atoms with E-state index in [1.807, 2.05) is 0 Å². The minimum Gasteiger partial charge on any atom is -0.316 e. The Morgan fingerprint density at radius 2 is 1.90 bits per heavy atom. The minimum absolute atomic E-state index is 0.232. The summed E-state index contributed by atoms with van der Waals surface area (Å²) in [6, 6.07) is 6.40. The number of benzene rings is 1. The molecule has 1 aromatic carbocycles. The molecule has 1 heterocycles. The molecule has 106 valence electrons. The van der Waals surface area contributed by atoms with Gasteiger partial charge in [-0.3, -0.25) is 9.52 Å². The van der Waals surface area contributed by atoms with Gasteiger partial charge in [-0.1, -0.05) is 12.1 Å². The van der Waals surface area contributed by atoms with E-state index >= 15 is 0 Å². The van der Waals surface area contributed by atoms with Gasteiger partial charge in [0.2, 0.25) is 0 Å². The number of nitrogens with one attached hydrogen (secondary N) is 1. The molecule has 7 heteroatoms. The molecule has 0 aliphatic rings. The average molecular weight is 296 g/mol. The van der Waals surface area contributed by atoms with Gasteiger partial charge in [0.15, 0.2) is 0 Å². The second-order valence-electron chi connectivity index (χ2n) is 4.36. The van der Waals surface area contributed by atoms with Gasteiger partial charge in [0.1, 0.15) is 10.7 Å². The van der Waals surface area contributed by atoms with Crippen LogP contribution in [0.2, 0.25) is 0 Å². The van der Waals surface area contributed by atoms with E-state index in [0.29, 0.717) is 5.56 Å². The summed E-state index contributed by atoms with van der Waals surface area (Å²) in [7, 11) is -2.53. The summed E-state index contributed by atoms with van der Waals surface area (Å²) in [5.74, 6) is -0.831. The van der Waals surface area contributed by atoms with E-state index in [0.717, 1.165) is 6.07 Å². The second-order valence-corrected chi connectivity index (χ2v) is 6.01. The first-order valence-electron chi connectivity index (χ1n) is 5.76. The second kappa shape index (κ2) is 5.09. The predicted molar refractivity (Wildman–Crippen MR) is 73.6 cm³/mol. The van der Waals surface area contributed by atoms with Crippen LogP contribution in [0.4, 0.5) is 10.1 Å². The third-order valence-electron chi connectivity index (χ3n) is 2.81. The van der Waals surface area contributed by atoms with E-state index < -0.39 is 20.7 Å². The molecule has 0 saturated heterocycles. The number of hydrogen-bond acceptors (Lipinski definition) is 3. The Balaban J connectivity index is 2.47. The number of rotatable bonds is 3. The first kappa shape index (κ1) is 14.3. The van der Waals surface area contributed by atoms with Crippen molar-refractivity contribution < 1.29 is 12.8 Å². The van der Waals surface area contributed by atoms with Crippen LogP contribution in [0.15, 0.2) is 46.2 Å². The third-order valence-corrected chi connectivity index (χ3v) is 4.20. The van der Waals surface area contributed by atoms with Crippen LogP contribution in [0, 0.1) is 12.7 Å². The molecular formula is C13H13FN2O3S. The quantitative estimate of drug-likeness (QED) is 0.936. The van der Waals surface area contributed by atoms with Crippen molar-refractivity contribution in [2.24, 2.45) is 7.05 Å². The smallest absolute Gasteiger partial charge is 0.264 e. The zero-order valence-electron chi connectivity index (χ0n) is 10.9. The summed E-state index contributed by atoms with van der Waals surface area (Å²) in [6.45, 7) is 1.60. The number of pyridine rings is 1. The number of aromatic nitrogens is 1. The standard InChI is InChI=1S/C13H13FN2O3S/c1-9-7-13(17)16(2)8-11(9)15-20(18,19)12-6-4-3-5-10(12)14/h3-8,15H,1-2H3. The molecule has 1 N–H and O–H groups in total. The molecule has 0 radical (unpaired) electrons. The highest BCUT2D eigenvalue weighted by Gasteiger charge is 2.19. The molecule has 2 aromatic rings. The highest BCUT2D eigenvalue weighted by atomic mass is 32.2. The van der Waals surface area contributed by atoms with Crippen LogP contribution in [0.5, 0.6) is 0 Å². The zero-order chi connectivity index (χ0) is 14.9. The monoisotopic (exact) mass is 296 g/mol. The van der Waals surface area contributed by atoms with Crippen molar-refractivity contribution in [2.45, 2.75) is 11.8 Å². The number of nitrogens with zero attached hydrogens (tertiary/aromatic N) is 1. The van der Waals surface area contributed by atoms with Crippen molar-refractivity contribution in [3.05, 3.63) is 58.3 Å². The summed E-state index contributed by atoms with van der Waals surface area (Å²) in [6.07, 6.45) is 1.36. The van der Waals surface area contributed by atoms with Crippen LogP contribution in [-0.4, -0.2) is 13.0 Å². The Labute approximate surface area is 115 Å². The van der Waals surface area contributed by atoms with Crippen LogP contribution >= 0.6 is 0 Å². The number of halogens is 1. The summed E-state index contributed by atoms with van der Waals surface area (Å²) in [4.78, 5) is 11.0. The fourth-order valence-electron chi connectivity index (χ4n) is 1.69. The van der Waals surface area contributed by atoms with Crippen molar-refractivity contribution >= 4 is 15.7 Å². The molecule has 0 aliphatic carbocycles. The van der Waals surface area contributed by atoms with Gasteiger partial charge in [-0.25, -0.2) is 12.8 Å². The fourth-order valence-corrected chi connectivity index (χ4v) is 2.89. The lowest BCUT2D eigenvalue weighted by Crippen LogP contribution is -2.20. The molecule has 0 fully saturated rings. The van der Waals surface area contributed by atoms with Crippen molar-refractivity contribution in [2.75, 3.05) is 4.72 Å². The lowest BCUT2D eigenvalue weighted by atomic mass is 10.2. The van der Waals surface area contributed by atoms with Crippen LogP contribution in [0.3, 0.4) is 0 Å². The van der Waals surface area contributed by atoms with Crippen molar-refractivity contribution in [1.82, 2.24) is 4.57 Å². The van der Waals surface area contributed by atoms with Gasteiger partial charge in [-0.05, 0) is 24.6 Å². The normalized spacial score (nSPS) is 11.3. The van der Waals surface area contributed by atoms with E-state index in [2.05, 4.69) is 4.72 Å². The minimum atomic E-state index is -4.04. The summed E-state index contributed by atoms with van der Waals surface area (Å²) in [5.41, 5.74) is 0.444. The van der Waals surface area contributed by atoms with Gasteiger partial charge in [0.05, 0.1) is 5.69 Å². The largest absolute Gasteiger partial charge is 0.316 e. The van der Waals surface area contributed by atoms with Crippen LogP contribution in [0.25, 0.3) is 0 Å². The van der Waals surface area contributed by atoms with E-state index in [9.17, 15) is 17.6 Å². The van der Waals surface area contributed by atoms with Gasteiger partial charge >= 0.3 is 0 Å². The summed E-state index contributed by atoms with van der Waals surface area (Å²) in [5, 5.41) is 0. The van der Waals surface area contributed by atoms with Crippen molar-refractivity contribution in [1.29, 1.82) is 0 Å². The summed E-state index contributed by atoms with van der Waals surface area (Å²) < 4.78 is 41.3. The van der Waals surface area contributed by atoms with E-state index in [-0.39, 0.29) is 11.2 Å². The Morgan fingerprint density at radius 1 is 1.25 bits per heavy atom. The third kappa shape index (κ3) is 2.72. The Kier molecular flexibility index (Phi) is 3.63. The number of anilines is 1. The van der Waals surface area contributed by atoms with Crippen LogP contribution in [0.1, 0.15) is 5.56 Å². The van der Waals surface area contributed by atoms with Gasteiger partial charge in [-0.2, -0.15) is 0 Å². The lowest BCUT2D eigenvalue weighted by Gasteiger charge is -2.12. The molecule has 0 amide bonds. The molecular weight excluding hydrogens is 283 g/mol. The number of aryl methyl sites for hydroxylation is 2. The maximum atomic E-state index is 13.6. The Morgan fingerprint density at radius 3 is 2.55 bits per heavy atom. The van der Waals surface area contributed by atoms with E-state index in [1.54, 1.807) is 6.92 Å². The SMILES string of the molecule is Cc1cc(=O)n(C)cc1NS(=O)(=O)c1ccccc1F. The first-order valence-corrected chi connectivity index (χ1v) is 7.24. The lowest BCUT2D eigenvalue weighted by molar-refractivity contribution is 0.570. The predicted octanol–water partition coefficient (Wildman–Crippen LogP) is 1.63. The Bertz CT molecular complexity index is 813. The number of hydrogen-bond donors (Lipinski definition) is 1. The molecule has 0 aliphatic heterocycles. The maximum Gasteiger partial charge on any atom is 0.264 e. The van der Waals surface area contributed by atoms with Crippen molar-refractivity contribution in [3.8, 4) is 0 Å². The van der Waals surface area contributed by atoms with Gasteiger partial charge in [0, 0.05) is 19.3 Å². The molecule has 0 unspecified atom stereocenters. The van der Waals surface area contributed by atoms with Crippen LogP contribution in [-0.2, 0) is 17.1 Å². The average Bonchev–Trinajstić information content (AvgIpc) is 2.36. The van der Waals surface area contributed by atoms with Crippen molar-refractivity contribution in [3.63, 3.8) is 0 Å². The van der Waals surface area contributed by atoms with Gasteiger partial charge in [-0.15, -0.1) is 0 Å². The highest BCUT2D eigenvalue weighted by molar-refractivity contribution is 7.92. The molecule has 20 heavy (non-hydrogen) atoms. The molecule has 5 nitrogen and oxygen atoms in total. The molecule has 0 bridgehead atoms. The topological polar surface area (TPSA) is 68.2 Å². The van der Waals surface area contributed by atoms with Gasteiger partial charge < -0.3 is 4.57 Å². The molecule has 0 saturated carbocycles. The summed E-state index contributed by atoms with van der Waals surface area (Å²) >= 11 is 0. The van der Waals surface area contributed by atoms with E-state index in [1.165, 1.54) is 42.1 Å². The van der Waals surface area contributed by atoms with E-state index in [4.69, 9.17) is 0 Å². The molecule has 2 rings (SSSR count).